The molecule has 0 saturated heterocycles. The zero-order valence-electron chi connectivity index (χ0n) is 20.5. The number of fused-ring (bicyclic) bond motifs is 1. The number of methoxy groups -OCH3 is 1. The summed E-state index contributed by atoms with van der Waals surface area (Å²) in [5.41, 5.74) is 3.36. The molecule has 9 heteroatoms. The summed E-state index contributed by atoms with van der Waals surface area (Å²) in [6, 6.07) is 15.4. The second kappa shape index (κ2) is 12.6. The van der Waals surface area contributed by atoms with Crippen LogP contribution in [0.25, 0.3) is 10.8 Å². The van der Waals surface area contributed by atoms with Gasteiger partial charge in [-0.15, -0.1) is 0 Å². The SMILES string of the molecule is COc1ccc(/C=N\NC(=O)[C@H](CC(C)C)NC(=O)[C@@H](C)Oc2ccc(Cl)cc2Cl)c2ccccc12. The largest absolute Gasteiger partial charge is 0.496 e. The average molecular weight is 530 g/mol. The zero-order chi connectivity index (χ0) is 26.2. The van der Waals surface area contributed by atoms with E-state index in [0.29, 0.717) is 22.2 Å². The van der Waals surface area contributed by atoms with Crippen LogP contribution in [0.3, 0.4) is 0 Å². The fraction of sp³-hybridized carbons (Fsp3) is 0.296. The number of benzene rings is 3. The van der Waals surface area contributed by atoms with Crippen LogP contribution < -0.4 is 20.2 Å². The zero-order valence-corrected chi connectivity index (χ0v) is 22.1. The minimum atomic E-state index is -0.889. The molecule has 0 radical (unpaired) electrons. The number of halogens is 2. The summed E-state index contributed by atoms with van der Waals surface area (Å²) in [6.45, 7) is 5.51. The number of hydrogen-bond acceptors (Lipinski definition) is 5. The number of ether oxygens (including phenoxy) is 2. The van der Waals surface area contributed by atoms with Crippen LogP contribution in [-0.2, 0) is 9.59 Å². The minimum Gasteiger partial charge on any atom is -0.496 e. The molecule has 3 rings (SSSR count). The minimum absolute atomic E-state index is 0.150. The Hall–Kier alpha value is -3.29. The Balaban J connectivity index is 1.68. The van der Waals surface area contributed by atoms with E-state index in [9.17, 15) is 9.59 Å². The Labute approximate surface area is 220 Å². The summed E-state index contributed by atoms with van der Waals surface area (Å²) < 4.78 is 11.1. The van der Waals surface area contributed by atoms with E-state index in [1.165, 1.54) is 6.07 Å². The van der Waals surface area contributed by atoms with Crippen LogP contribution >= 0.6 is 23.2 Å². The quantitative estimate of drug-likeness (QED) is 0.264. The number of hydrazone groups is 1. The molecule has 0 aliphatic rings. The lowest BCUT2D eigenvalue weighted by molar-refractivity contribution is -0.132. The molecule has 0 bridgehead atoms. The van der Waals surface area contributed by atoms with Crippen LogP contribution in [0.15, 0.2) is 59.7 Å². The third-order valence-corrected chi connectivity index (χ3v) is 5.95. The molecule has 0 aromatic heterocycles. The monoisotopic (exact) mass is 529 g/mol. The van der Waals surface area contributed by atoms with Crippen molar-refractivity contribution in [2.45, 2.75) is 39.3 Å². The van der Waals surface area contributed by atoms with Gasteiger partial charge in [0.05, 0.1) is 18.3 Å². The first-order valence-corrected chi connectivity index (χ1v) is 12.3. The van der Waals surface area contributed by atoms with E-state index in [-0.39, 0.29) is 5.92 Å². The van der Waals surface area contributed by atoms with Crippen molar-refractivity contribution in [2.75, 3.05) is 7.11 Å². The number of hydrogen-bond donors (Lipinski definition) is 2. The maximum Gasteiger partial charge on any atom is 0.262 e. The third-order valence-electron chi connectivity index (χ3n) is 5.42. The second-order valence-electron chi connectivity index (χ2n) is 8.66. The maximum atomic E-state index is 12.9. The van der Waals surface area contributed by atoms with Crippen LogP contribution in [0.1, 0.15) is 32.8 Å². The number of nitrogens with one attached hydrogen (secondary N) is 2. The molecule has 3 aromatic rings. The highest BCUT2D eigenvalue weighted by molar-refractivity contribution is 6.35. The van der Waals surface area contributed by atoms with Crippen molar-refractivity contribution in [1.82, 2.24) is 10.7 Å². The predicted octanol–water partition coefficient (Wildman–Crippen LogP) is 5.60. The average Bonchev–Trinajstić information content (AvgIpc) is 2.84. The number of rotatable bonds is 10. The molecule has 0 aliphatic carbocycles. The standard InChI is InChI=1S/C27H29Cl2N3O4/c1-16(2)13-23(31-26(33)17(3)36-25-12-10-19(28)14-22(25)29)27(34)32-30-15-18-9-11-24(35-4)21-8-6-5-7-20(18)21/h5-12,14-17,23H,13H2,1-4H3,(H,31,33)(H,32,34)/b30-15-/t17-,23+/m1/s1. The van der Waals surface area contributed by atoms with Crippen molar-refractivity contribution in [2.24, 2.45) is 11.0 Å². The first-order chi connectivity index (χ1) is 17.2. The summed E-state index contributed by atoms with van der Waals surface area (Å²) in [6.07, 6.45) is 1.11. The van der Waals surface area contributed by atoms with E-state index in [1.54, 1.807) is 32.4 Å². The molecule has 36 heavy (non-hydrogen) atoms. The van der Waals surface area contributed by atoms with Crippen LogP contribution in [0.5, 0.6) is 11.5 Å². The van der Waals surface area contributed by atoms with Gasteiger partial charge in [-0.2, -0.15) is 5.10 Å². The van der Waals surface area contributed by atoms with Gasteiger partial charge >= 0.3 is 0 Å². The summed E-state index contributed by atoms with van der Waals surface area (Å²) in [4.78, 5) is 25.7. The number of carbonyl (C=O) groups excluding carboxylic acids is 2. The van der Waals surface area contributed by atoms with Gasteiger partial charge in [0, 0.05) is 16.0 Å². The Kier molecular flexibility index (Phi) is 9.56. The van der Waals surface area contributed by atoms with E-state index in [2.05, 4.69) is 15.8 Å². The maximum absolute atomic E-state index is 12.9. The Bertz CT molecular complexity index is 1260. The highest BCUT2D eigenvalue weighted by atomic mass is 35.5. The van der Waals surface area contributed by atoms with Crippen LogP contribution in [0.2, 0.25) is 10.0 Å². The molecule has 7 nitrogen and oxygen atoms in total. The van der Waals surface area contributed by atoms with Crippen LogP contribution in [-0.4, -0.2) is 37.3 Å². The van der Waals surface area contributed by atoms with Gasteiger partial charge in [0.2, 0.25) is 0 Å². The van der Waals surface area contributed by atoms with E-state index in [1.807, 2.05) is 50.2 Å². The third kappa shape index (κ3) is 7.12. The van der Waals surface area contributed by atoms with Crippen molar-refractivity contribution < 1.29 is 19.1 Å². The smallest absolute Gasteiger partial charge is 0.262 e. The number of amides is 2. The van der Waals surface area contributed by atoms with Gasteiger partial charge in [-0.25, -0.2) is 5.43 Å². The normalized spacial score (nSPS) is 13.0. The van der Waals surface area contributed by atoms with Gasteiger partial charge in [0.25, 0.3) is 11.8 Å². The fourth-order valence-electron chi connectivity index (χ4n) is 3.64. The van der Waals surface area contributed by atoms with Crippen LogP contribution in [0, 0.1) is 5.92 Å². The summed E-state index contributed by atoms with van der Waals surface area (Å²) >= 11 is 12.0. The predicted molar refractivity (Wildman–Crippen MR) is 144 cm³/mol. The first-order valence-electron chi connectivity index (χ1n) is 11.5. The molecule has 0 spiro atoms. The highest BCUT2D eigenvalue weighted by Crippen LogP contribution is 2.29. The Morgan fingerprint density at radius 2 is 1.67 bits per heavy atom. The molecule has 0 saturated carbocycles. The lowest BCUT2D eigenvalue weighted by Gasteiger charge is -2.22. The topological polar surface area (TPSA) is 89.0 Å². The summed E-state index contributed by atoms with van der Waals surface area (Å²) in [5, 5.41) is 9.52. The molecule has 2 N–H and O–H groups in total. The Morgan fingerprint density at radius 1 is 0.972 bits per heavy atom. The van der Waals surface area contributed by atoms with Crippen LogP contribution in [0.4, 0.5) is 0 Å². The molecule has 3 aromatic carbocycles. The molecule has 0 unspecified atom stereocenters. The molecule has 0 heterocycles. The van der Waals surface area contributed by atoms with E-state index in [4.69, 9.17) is 32.7 Å². The first kappa shape index (κ1) is 27.3. The lowest BCUT2D eigenvalue weighted by Crippen LogP contribution is -2.49. The molecular weight excluding hydrogens is 501 g/mol. The second-order valence-corrected chi connectivity index (χ2v) is 9.51. The van der Waals surface area contributed by atoms with Gasteiger partial charge < -0.3 is 14.8 Å². The summed E-state index contributed by atoms with van der Waals surface area (Å²) in [5.74, 6) is 0.347. The van der Waals surface area contributed by atoms with E-state index in [0.717, 1.165) is 22.1 Å². The van der Waals surface area contributed by atoms with Gasteiger partial charge in [0.1, 0.15) is 17.5 Å². The fourth-order valence-corrected chi connectivity index (χ4v) is 4.09. The molecule has 0 fully saturated rings. The Morgan fingerprint density at radius 3 is 2.33 bits per heavy atom. The lowest BCUT2D eigenvalue weighted by atomic mass is 10.0. The van der Waals surface area contributed by atoms with Crippen molar-refractivity contribution in [1.29, 1.82) is 0 Å². The van der Waals surface area contributed by atoms with Crippen molar-refractivity contribution in [3.8, 4) is 11.5 Å². The number of nitrogens with zero attached hydrogens (tertiary/aromatic N) is 1. The van der Waals surface area contributed by atoms with Gasteiger partial charge in [-0.1, -0.05) is 61.3 Å². The van der Waals surface area contributed by atoms with Gasteiger partial charge in [-0.05, 0) is 55.0 Å². The molecule has 190 valence electrons. The molecule has 2 amide bonds. The van der Waals surface area contributed by atoms with Crippen molar-refractivity contribution >= 4 is 52.0 Å². The summed E-state index contributed by atoms with van der Waals surface area (Å²) in [7, 11) is 1.62. The van der Waals surface area contributed by atoms with E-state index >= 15 is 0 Å². The van der Waals surface area contributed by atoms with Gasteiger partial charge in [-0.3, -0.25) is 9.59 Å². The molecule has 0 aliphatic heterocycles. The van der Waals surface area contributed by atoms with Crippen molar-refractivity contribution in [3.05, 3.63) is 70.2 Å². The molecule has 2 atom stereocenters. The van der Waals surface area contributed by atoms with E-state index < -0.39 is 24.0 Å². The highest BCUT2D eigenvalue weighted by Gasteiger charge is 2.25. The number of carbonyl (C=O) groups is 2. The molecular formula is C27H29Cl2N3O4. The van der Waals surface area contributed by atoms with Crippen molar-refractivity contribution in [3.63, 3.8) is 0 Å². The van der Waals surface area contributed by atoms with Gasteiger partial charge in [0.15, 0.2) is 6.10 Å².